The number of halogens is 1. The molecule has 2 amide bonds. The summed E-state index contributed by atoms with van der Waals surface area (Å²) < 4.78 is 10.7. The molecule has 1 aromatic heterocycles. The van der Waals surface area contributed by atoms with E-state index in [2.05, 4.69) is 20.6 Å². The van der Waals surface area contributed by atoms with Gasteiger partial charge in [-0.05, 0) is 48.6 Å². The van der Waals surface area contributed by atoms with E-state index in [1.165, 1.54) is 0 Å². The van der Waals surface area contributed by atoms with Gasteiger partial charge in [-0.3, -0.25) is 9.59 Å². The van der Waals surface area contributed by atoms with E-state index in [-0.39, 0.29) is 24.5 Å². The number of aliphatic hydroxyl groups excluding tert-OH is 1. The second kappa shape index (κ2) is 12.8. The van der Waals surface area contributed by atoms with Crippen LogP contribution in [0.3, 0.4) is 0 Å². The molecule has 2 aromatic carbocycles. The lowest BCUT2D eigenvalue weighted by atomic mass is 10.0. The van der Waals surface area contributed by atoms with Gasteiger partial charge in [0.05, 0.1) is 36.7 Å². The fraction of sp³-hybridized carbons (Fsp3) is 0.400. The normalized spacial score (nSPS) is 16.7. The van der Waals surface area contributed by atoms with E-state index in [4.69, 9.17) is 21.1 Å². The number of rotatable bonds is 10. The molecule has 0 spiro atoms. The van der Waals surface area contributed by atoms with Crippen LogP contribution in [0.15, 0.2) is 48.7 Å². The predicted molar refractivity (Wildman–Crippen MR) is 155 cm³/mol. The molecule has 0 bridgehead atoms. The maximum atomic E-state index is 13.6. The number of fused-ring (bicyclic) bond motifs is 1. The first-order valence-corrected chi connectivity index (χ1v) is 14.2. The first kappa shape index (κ1) is 28.8. The maximum Gasteiger partial charge on any atom is 0.255 e. The Labute approximate surface area is 244 Å². The standard InChI is InChI=1S/C30H34ClN5O5/c1-3-26(28(38)34-25(17-37)18-5-4-6-22(13-18)40-2)36-16-20-8-7-19(14-23(20)29(36)39)27-24(31)15-32-30(35-27)33-21-9-11-41-12-10-21/h4-8,13-15,21,25-26,37H,3,9-12,16-17H2,1-2H3,(H,34,38)(H,32,33,35)/t25-,26-/m1/s1. The minimum absolute atomic E-state index is 0.222. The van der Waals surface area contributed by atoms with Gasteiger partial charge in [-0.2, -0.15) is 0 Å². The van der Waals surface area contributed by atoms with Gasteiger partial charge in [-0.25, -0.2) is 9.97 Å². The maximum absolute atomic E-state index is 13.6. The Bertz CT molecular complexity index is 1410. The number of methoxy groups -OCH3 is 1. The summed E-state index contributed by atoms with van der Waals surface area (Å²) in [6.07, 6.45) is 3.71. The Kier molecular flexibility index (Phi) is 9.02. The zero-order valence-electron chi connectivity index (χ0n) is 23.1. The van der Waals surface area contributed by atoms with E-state index in [9.17, 15) is 14.7 Å². The molecule has 0 unspecified atom stereocenters. The van der Waals surface area contributed by atoms with Gasteiger partial charge in [0.2, 0.25) is 11.9 Å². The van der Waals surface area contributed by atoms with Crippen LogP contribution >= 0.6 is 11.6 Å². The van der Waals surface area contributed by atoms with E-state index in [1.54, 1.807) is 42.5 Å². The van der Waals surface area contributed by atoms with E-state index < -0.39 is 12.1 Å². The summed E-state index contributed by atoms with van der Waals surface area (Å²) in [5.74, 6) is 0.523. The minimum atomic E-state index is -0.712. The van der Waals surface area contributed by atoms with Crippen LogP contribution in [0, 0.1) is 0 Å². The third kappa shape index (κ3) is 6.29. The fourth-order valence-corrected chi connectivity index (χ4v) is 5.49. The van der Waals surface area contributed by atoms with E-state index in [0.29, 0.717) is 65.3 Å². The highest BCUT2D eigenvalue weighted by molar-refractivity contribution is 6.33. The smallest absolute Gasteiger partial charge is 0.255 e. The lowest BCUT2D eigenvalue weighted by Crippen LogP contribution is -2.48. The summed E-state index contributed by atoms with van der Waals surface area (Å²) in [4.78, 5) is 37.6. The lowest BCUT2D eigenvalue weighted by molar-refractivity contribution is -0.127. The van der Waals surface area contributed by atoms with Gasteiger partial charge in [0.25, 0.3) is 5.91 Å². The Hall–Kier alpha value is -3.73. The number of anilines is 1. The molecule has 1 saturated heterocycles. The quantitative estimate of drug-likeness (QED) is 0.329. The Morgan fingerprint density at radius 2 is 2.05 bits per heavy atom. The van der Waals surface area contributed by atoms with Crippen molar-refractivity contribution in [2.24, 2.45) is 0 Å². The second-order valence-electron chi connectivity index (χ2n) is 10.2. The Morgan fingerprint density at radius 3 is 2.78 bits per heavy atom. The number of hydrogen-bond acceptors (Lipinski definition) is 8. The van der Waals surface area contributed by atoms with Crippen LogP contribution in [0.25, 0.3) is 11.3 Å². The molecule has 2 atom stereocenters. The van der Waals surface area contributed by atoms with Crippen molar-refractivity contribution in [1.82, 2.24) is 20.2 Å². The summed E-state index contributed by atoms with van der Waals surface area (Å²) in [5.41, 5.74) is 3.26. The van der Waals surface area contributed by atoms with E-state index >= 15 is 0 Å². The molecular weight excluding hydrogens is 546 g/mol. The van der Waals surface area contributed by atoms with Crippen molar-refractivity contribution in [2.75, 3.05) is 32.2 Å². The number of nitrogens with one attached hydrogen (secondary N) is 2. The second-order valence-corrected chi connectivity index (χ2v) is 10.6. The molecule has 1 fully saturated rings. The number of ether oxygens (including phenoxy) is 2. The van der Waals surface area contributed by atoms with Crippen LogP contribution in [-0.4, -0.2) is 70.8 Å². The van der Waals surface area contributed by atoms with Crippen molar-refractivity contribution < 1.29 is 24.2 Å². The average molecular weight is 580 g/mol. The summed E-state index contributed by atoms with van der Waals surface area (Å²) in [7, 11) is 1.56. The monoisotopic (exact) mass is 579 g/mol. The summed E-state index contributed by atoms with van der Waals surface area (Å²) in [6, 6.07) is 11.6. The molecule has 0 saturated carbocycles. The molecular formula is C30H34ClN5O5. The molecule has 0 aliphatic carbocycles. The minimum Gasteiger partial charge on any atom is -0.497 e. The lowest BCUT2D eigenvalue weighted by Gasteiger charge is -2.28. The largest absolute Gasteiger partial charge is 0.497 e. The molecule has 11 heteroatoms. The Morgan fingerprint density at radius 1 is 1.24 bits per heavy atom. The van der Waals surface area contributed by atoms with Crippen molar-refractivity contribution in [2.45, 2.75) is 50.9 Å². The fourth-order valence-electron chi connectivity index (χ4n) is 5.29. The molecule has 0 radical (unpaired) electrons. The van der Waals surface area contributed by atoms with Gasteiger partial charge in [0, 0.05) is 36.9 Å². The molecule has 3 aromatic rings. The number of hydrogen-bond donors (Lipinski definition) is 3. The molecule has 2 aliphatic heterocycles. The van der Waals surface area contributed by atoms with Gasteiger partial charge in [0.15, 0.2) is 0 Å². The highest BCUT2D eigenvalue weighted by atomic mass is 35.5. The van der Waals surface area contributed by atoms with Crippen LogP contribution in [-0.2, 0) is 16.1 Å². The van der Waals surface area contributed by atoms with Crippen molar-refractivity contribution >= 4 is 29.4 Å². The van der Waals surface area contributed by atoms with Gasteiger partial charge in [-0.15, -0.1) is 0 Å². The molecule has 3 N–H and O–H groups in total. The number of benzene rings is 2. The predicted octanol–water partition coefficient (Wildman–Crippen LogP) is 3.98. The highest BCUT2D eigenvalue weighted by Crippen LogP contribution is 2.33. The average Bonchev–Trinajstić information content (AvgIpc) is 3.32. The number of aromatic nitrogens is 2. The van der Waals surface area contributed by atoms with Crippen LogP contribution < -0.4 is 15.4 Å². The van der Waals surface area contributed by atoms with E-state index in [1.807, 2.05) is 25.1 Å². The number of aliphatic hydroxyl groups is 1. The number of carbonyl (C=O) groups is 2. The topological polar surface area (TPSA) is 126 Å². The van der Waals surface area contributed by atoms with Crippen molar-refractivity contribution in [3.8, 4) is 17.0 Å². The highest BCUT2D eigenvalue weighted by Gasteiger charge is 2.36. The van der Waals surface area contributed by atoms with E-state index in [0.717, 1.165) is 18.4 Å². The number of carbonyl (C=O) groups excluding carboxylic acids is 2. The van der Waals surface area contributed by atoms with Crippen LogP contribution in [0.4, 0.5) is 5.95 Å². The third-order valence-electron chi connectivity index (χ3n) is 7.57. The van der Waals surface area contributed by atoms with Crippen molar-refractivity contribution in [3.63, 3.8) is 0 Å². The van der Waals surface area contributed by atoms with Crippen LogP contribution in [0.1, 0.15) is 53.7 Å². The zero-order valence-corrected chi connectivity index (χ0v) is 23.9. The number of nitrogens with zero attached hydrogens (tertiary/aromatic N) is 3. The first-order valence-electron chi connectivity index (χ1n) is 13.8. The zero-order chi connectivity index (χ0) is 28.9. The van der Waals surface area contributed by atoms with Gasteiger partial charge in [-0.1, -0.05) is 42.8 Å². The molecule has 5 rings (SSSR count). The number of amides is 2. The molecule has 41 heavy (non-hydrogen) atoms. The summed E-state index contributed by atoms with van der Waals surface area (Å²) in [5, 5.41) is 16.6. The summed E-state index contributed by atoms with van der Waals surface area (Å²) >= 11 is 6.49. The molecule has 216 valence electrons. The SMILES string of the molecule is CC[C@H](C(=O)N[C@H](CO)c1cccc(OC)c1)N1Cc2ccc(-c3nc(NC4CCOCC4)ncc3Cl)cc2C1=O. The third-order valence-corrected chi connectivity index (χ3v) is 7.85. The van der Waals surface area contributed by atoms with Gasteiger partial charge < -0.3 is 30.1 Å². The van der Waals surface area contributed by atoms with Crippen molar-refractivity contribution in [3.05, 3.63) is 70.4 Å². The summed E-state index contributed by atoms with van der Waals surface area (Å²) in [6.45, 7) is 3.26. The first-order chi connectivity index (χ1) is 19.9. The van der Waals surface area contributed by atoms with Crippen LogP contribution in [0.2, 0.25) is 5.02 Å². The molecule has 2 aliphatic rings. The van der Waals surface area contributed by atoms with Crippen LogP contribution in [0.5, 0.6) is 5.75 Å². The molecule has 3 heterocycles. The Balaban J connectivity index is 1.33. The molecule has 10 nitrogen and oxygen atoms in total. The van der Waals surface area contributed by atoms with Gasteiger partial charge in [0.1, 0.15) is 11.8 Å². The van der Waals surface area contributed by atoms with Crippen molar-refractivity contribution in [1.29, 1.82) is 0 Å². The van der Waals surface area contributed by atoms with Gasteiger partial charge >= 0.3 is 0 Å².